The second-order valence-corrected chi connectivity index (χ2v) is 8.83. The van der Waals surface area contributed by atoms with Crippen molar-refractivity contribution in [1.82, 2.24) is 4.90 Å². The van der Waals surface area contributed by atoms with Crippen LogP contribution in [0.15, 0.2) is 30.3 Å². The van der Waals surface area contributed by atoms with Crippen LogP contribution in [0.3, 0.4) is 0 Å². The van der Waals surface area contributed by atoms with Crippen LogP contribution >= 0.6 is 0 Å². The Hall–Kier alpha value is -1.39. The third-order valence-corrected chi connectivity index (χ3v) is 4.48. The van der Waals surface area contributed by atoms with E-state index in [1.807, 2.05) is 56.0 Å². The van der Waals surface area contributed by atoms with Gasteiger partial charge in [-0.05, 0) is 47.1 Å². The maximum absolute atomic E-state index is 12.7. The summed E-state index contributed by atoms with van der Waals surface area (Å²) < 4.78 is 12.6. The lowest BCUT2D eigenvalue weighted by atomic mass is 9.80. The Balaban J connectivity index is 1.88. The van der Waals surface area contributed by atoms with Gasteiger partial charge in [0.05, 0.1) is 23.2 Å². The topological polar surface area (TPSA) is 38.8 Å². The van der Waals surface area contributed by atoms with E-state index in [2.05, 4.69) is 20.8 Å². The van der Waals surface area contributed by atoms with Crippen LogP contribution in [0.4, 0.5) is 0 Å². The van der Waals surface area contributed by atoms with Crippen molar-refractivity contribution >= 4 is 5.91 Å². The van der Waals surface area contributed by atoms with E-state index in [1.54, 1.807) is 0 Å². The molecule has 132 valence electrons. The molecule has 24 heavy (non-hydrogen) atoms. The van der Waals surface area contributed by atoms with Crippen molar-refractivity contribution in [3.63, 3.8) is 0 Å². The predicted octanol–water partition coefficient (Wildman–Crippen LogP) is 3.36. The van der Waals surface area contributed by atoms with E-state index in [-0.39, 0.29) is 41.3 Å². The average Bonchev–Trinajstić information content (AvgIpc) is 2.72. The van der Waals surface area contributed by atoms with Gasteiger partial charge in [-0.3, -0.25) is 4.79 Å². The van der Waals surface area contributed by atoms with E-state index < -0.39 is 0 Å². The lowest BCUT2D eigenvalue weighted by Gasteiger charge is -2.45. The summed E-state index contributed by atoms with van der Waals surface area (Å²) in [5.41, 5.74) is 0.531. The number of β-lactam (4-membered cyclic amide) rings is 1. The number of fused-ring (bicyclic) bond motifs is 1. The molecule has 0 aliphatic carbocycles. The Labute approximate surface area is 145 Å². The van der Waals surface area contributed by atoms with Gasteiger partial charge >= 0.3 is 0 Å². The summed E-state index contributed by atoms with van der Waals surface area (Å²) in [6.07, 6.45) is -0.195. The Morgan fingerprint density at radius 1 is 0.958 bits per heavy atom. The molecule has 0 unspecified atom stereocenters. The monoisotopic (exact) mass is 331 g/mol. The summed E-state index contributed by atoms with van der Waals surface area (Å²) in [7, 11) is 0. The van der Waals surface area contributed by atoms with Crippen LogP contribution in [0.25, 0.3) is 0 Å². The standard InChI is InChI=1S/C20H29NO3/c1-19(2,3)23-14-12-21-16(17(14)24-20(4,5)6)15(18(21)22)13-10-8-7-9-11-13/h7-11,14-17H,12H2,1-6H3/t14-,15+,16-,17+/m0/s1. The van der Waals surface area contributed by atoms with Crippen LogP contribution in [-0.4, -0.2) is 46.8 Å². The number of rotatable bonds is 3. The van der Waals surface area contributed by atoms with Crippen molar-refractivity contribution in [2.45, 2.75) is 76.9 Å². The second-order valence-electron chi connectivity index (χ2n) is 8.83. The zero-order valence-electron chi connectivity index (χ0n) is 15.6. The Morgan fingerprint density at radius 2 is 1.54 bits per heavy atom. The van der Waals surface area contributed by atoms with Crippen molar-refractivity contribution in [1.29, 1.82) is 0 Å². The molecule has 0 radical (unpaired) electrons. The molecule has 2 aliphatic heterocycles. The number of hydrogen-bond donors (Lipinski definition) is 0. The van der Waals surface area contributed by atoms with Gasteiger partial charge in [-0.2, -0.15) is 0 Å². The van der Waals surface area contributed by atoms with Crippen LogP contribution < -0.4 is 0 Å². The zero-order chi connectivity index (χ0) is 17.7. The molecule has 1 amide bonds. The van der Waals surface area contributed by atoms with Crippen LogP contribution in [0.2, 0.25) is 0 Å². The van der Waals surface area contributed by atoms with Crippen molar-refractivity contribution in [2.24, 2.45) is 0 Å². The molecule has 2 saturated heterocycles. The maximum Gasteiger partial charge on any atom is 0.232 e. The number of carbonyl (C=O) groups is 1. The molecule has 2 aliphatic rings. The maximum atomic E-state index is 12.7. The highest BCUT2D eigenvalue weighted by molar-refractivity contribution is 5.92. The van der Waals surface area contributed by atoms with Gasteiger partial charge in [0.15, 0.2) is 0 Å². The zero-order valence-corrected chi connectivity index (χ0v) is 15.6. The summed E-state index contributed by atoms with van der Waals surface area (Å²) >= 11 is 0. The first-order valence-electron chi connectivity index (χ1n) is 8.78. The van der Waals surface area contributed by atoms with Gasteiger partial charge < -0.3 is 14.4 Å². The molecule has 1 aromatic carbocycles. The van der Waals surface area contributed by atoms with Gasteiger partial charge in [0.1, 0.15) is 12.2 Å². The average molecular weight is 331 g/mol. The minimum Gasteiger partial charge on any atom is -0.368 e. The molecular formula is C20H29NO3. The third-order valence-electron chi connectivity index (χ3n) is 4.48. The third kappa shape index (κ3) is 3.35. The SMILES string of the molecule is CC(C)(C)O[C@H]1[C@@H]2[C@@H](c3ccccc3)C(=O)N2C[C@@H]1OC(C)(C)C. The summed E-state index contributed by atoms with van der Waals surface area (Å²) in [5.74, 6) is 0.0702. The Morgan fingerprint density at radius 3 is 2.08 bits per heavy atom. The molecule has 2 heterocycles. The number of amides is 1. The van der Waals surface area contributed by atoms with Crippen molar-refractivity contribution in [2.75, 3.05) is 6.54 Å². The molecule has 2 fully saturated rings. The van der Waals surface area contributed by atoms with Gasteiger partial charge in [-0.1, -0.05) is 30.3 Å². The summed E-state index contributed by atoms with van der Waals surface area (Å²) in [6.45, 7) is 12.9. The predicted molar refractivity (Wildman–Crippen MR) is 93.9 cm³/mol. The largest absolute Gasteiger partial charge is 0.368 e. The van der Waals surface area contributed by atoms with Gasteiger partial charge in [0.25, 0.3) is 0 Å². The van der Waals surface area contributed by atoms with E-state index >= 15 is 0 Å². The van der Waals surface area contributed by atoms with Crippen LogP contribution in [0.5, 0.6) is 0 Å². The minimum atomic E-state index is -0.278. The lowest BCUT2D eigenvalue weighted by molar-refractivity contribution is -0.166. The summed E-state index contributed by atoms with van der Waals surface area (Å²) in [6, 6.07) is 10.1. The normalized spacial score (nSPS) is 30.2. The number of benzene rings is 1. The summed E-state index contributed by atoms with van der Waals surface area (Å²) in [5, 5.41) is 0. The van der Waals surface area contributed by atoms with Crippen molar-refractivity contribution < 1.29 is 14.3 Å². The first-order chi connectivity index (χ1) is 11.1. The molecule has 4 nitrogen and oxygen atoms in total. The smallest absolute Gasteiger partial charge is 0.232 e. The van der Waals surface area contributed by atoms with Crippen LogP contribution in [0.1, 0.15) is 53.0 Å². The molecule has 1 aromatic rings. The van der Waals surface area contributed by atoms with Crippen LogP contribution in [0, 0.1) is 0 Å². The molecule has 0 spiro atoms. The fraction of sp³-hybridized carbons (Fsp3) is 0.650. The first kappa shape index (κ1) is 17.4. The van der Waals surface area contributed by atoms with Gasteiger partial charge in [-0.15, -0.1) is 0 Å². The Kier molecular flexibility index (Phi) is 4.25. The highest BCUT2D eigenvalue weighted by Gasteiger charge is 2.60. The fourth-order valence-corrected chi connectivity index (χ4v) is 3.78. The van der Waals surface area contributed by atoms with Gasteiger partial charge in [0.2, 0.25) is 5.91 Å². The van der Waals surface area contributed by atoms with Gasteiger partial charge in [0, 0.05) is 6.54 Å². The molecule has 0 saturated carbocycles. The molecular weight excluding hydrogens is 302 g/mol. The number of carbonyl (C=O) groups excluding carboxylic acids is 1. The van der Waals surface area contributed by atoms with E-state index in [0.717, 1.165) is 5.56 Å². The lowest BCUT2D eigenvalue weighted by Crippen LogP contribution is -2.60. The molecule has 0 N–H and O–H groups in total. The van der Waals surface area contributed by atoms with E-state index in [0.29, 0.717) is 6.54 Å². The molecule has 4 atom stereocenters. The van der Waals surface area contributed by atoms with Crippen molar-refractivity contribution in [3.05, 3.63) is 35.9 Å². The number of hydrogen-bond acceptors (Lipinski definition) is 3. The first-order valence-corrected chi connectivity index (χ1v) is 8.78. The second kappa shape index (κ2) is 5.85. The van der Waals surface area contributed by atoms with Crippen molar-refractivity contribution in [3.8, 4) is 0 Å². The summed E-state index contributed by atoms with van der Waals surface area (Å²) in [4.78, 5) is 14.6. The van der Waals surface area contributed by atoms with E-state index in [1.165, 1.54) is 0 Å². The van der Waals surface area contributed by atoms with E-state index in [4.69, 9.17) is 9.47 Å². The molecule has 4 heteroatoms. The highest BCUT2D eigenvalue weighted by atomic mass is 16.6. The fourth-order valence-electron chi connectivity index (χ4n) is 3.78. The number of nitrogens with zero attached hydrogens (tertiary/aromatic N) is 1. The van der Waals surface area contributed by atoms with E-state index in [9.17, 15) is 4.79 Å². The quantitative estimate of drug-likeness (QED) is 0.797. The molecule has 3 rings (SSSR count). The molecule has 0 aromatic heterocycles. The molecule has 0 bridgehead atoms. The van der Waals surface area contributed by atoms with Crippen LogP contribution in [-0.2, 0) is 14.3 Å². The highest BCUT2D eigenvalue weighted by Crippen LogP contribution is 2.45. The number of ether oxygens (including phenoxy) is 2. The minimum absolute atomic E-state index is 0.0616. The Bertz CT molecular complexity index is 600. The van der Waals surface area contributed by atoms with Gasteiger partial charge in [-0.25, -0.2) is 0 Å².